The summed E-state index contributed by atoms with van der Waals surface area (Å²) in [6.45, 7) is 3.72. The molecule has 0 radical (unpaired) electrons. The number of carboxylic acid groups (broad SMARTS) is 1. The fraction of sp³-hybridized carbons (Fsp3) is 0.545. The summed E-state index contributed by atoms with van der Waals surface area (Å²) in [5, 5.41) is 8.88. The first-order valence-corrected chi connectivity index (χ1v) is 6.38. The number of aliphatic carboxylic acids is 1. The number of thioether (sulfide) groups is 1. The van der Waals surface area contributed by atoms with Crippen molar-refractivity contribution in [3.05, 3.63) is 22.1 Å². The molecule has 94 valence electrons. The second-order valence-corrected chi connectivity index (χ2v) is 4.97. The zero-order chi connectivity index (χ0) is 12.8. The lowest BCUT2D eigenvalue weighted by Gasteiger charge is -2.10. The lowest BCUT2D eigenvalue weighted by atomic mass is 10.2. The van der Waals surface area contributed by atoms with Crippen LogP contribution in [0.3, 0.4) is 0 Å². The molecule has 6 heteroatoms. The van der Waals surface area contributed by atoms with E-state index in [0.29, 0.717) is 17.3 Å². The maximum Gasteiger partial charge on any atom is 0.317 e. The van der Waals surface area contributed by atoms with Crippen LogP contribution in [0.1, 0.15) is 31.9 Å². The van der Waals surface area contributed by atoms with Gasteiger partial charge in [-0.15, -0.1) is 0 Å². The second kappa shape index (κ2) is 6.44. The smallest absolute Gasteiger partial charge is 0.317 e. The summed E-state index contributed by atoms with van der Waals surface area (Å²) in [4.78, 5) is 28.9. The van der Waals surface area contributed by atoms with Crippen molar-refractivity contribution in [2.75, 3.05) is 0 Å². The van der Waals surface area contributed by atoms with Gasteiger partial charge < -0.3 is 10.1 Å². The molecule has 5 nitrogen and oxygen atoms in total. The number of aryl methyl sites for hydroxylation is 1. The number of rotatable bonds is 6. The van der Waals surface area contributed by atoms with Crippen LogP contribution in [-0.2, 0) is 4.79 Å². The van der Waals surface area contributed by atoms with E-state index in [1.165, 1.54) is 6.07 Å². The predicted octanol–water partition coefficient (Wildman–Crippen LogP) is 1.81. The summed E-state index contributed by atoms with van der Waals surface area (Å²) in [5.74, 6) is -0.868. The standard InChI is InChI=1S/C11H16N2O3S/c1-3-4-5-8(10(15)16)17-11-12-7(2)6-9(14)13-11/h6,8H,3-5H2,1-2H3,(H,15,16)(H,12,13,14). The number of aromatic nitrogens is 2. The van der Waals surface area contributed by atoms with Gasteiger partial charge in [-0.1, -0.05) is 31.5 Å². The average molecular weight is 256 g/mol. The molecule has 2 N–H and O–H groups in total. The third-order valence-electron chi connectivity index (χ3n) is 2.20. The number of H-pyrrole nitrogens is 1. The first kappa shape index (κ1) is 13.8. The molecule has 0 aliphatic carbocycles. The molecular formula is C11H16N2O3S. The fourth-order valence-electron chi connectivity index (χ4n) is 1.36. The Bertz CT molecular complexity index is 445. The van der Waals surface area contributed by atoms with Crippen LogP contribution >= 0.6 is 11.8 Å². The van der Waals surface area contributed by atoms with Crippen LogP contribution < -0.4 is 5.56 Å². The van der Waals surface area contributed by atoms with E-state index in [1.54, 1.807) is 6.92 Å². The second-order valence-electron chi connectivity index (χ2n) is 3.78. The van der Waals surface area contributed by atoms with E-state index in [9.17, 15) is 9.59 Å². The van der Waals surface area contributed by atoms with Crippen molar-refractivity contribution >= 4 is 17.7 Å². The molecule has 0 aliphatic rings. The van der Waals surface area contributed by atoms with Crippen molar-refractivity contribution < 1.29 is 9.90 Å². The van der Waals surface area contributed by atoms with E-state index in [0.717, 1.165) is 24.6 Å². The van der Waals surface area contributed by atoms with Crippen molar-refractivity contribution in [3.63, 3.8) is 0 Å². The highest BCUT2D eigenvalue weighted by molar-refractivity contribution is 8.00. The van der Waals surface area contributed by atoms with Gasteiger partial charge in [0.15, 0.2) is 5.16 Å². The van der Waals surface area contributed by atoms with Gasteiger partial charge in [0, 0.05) is 11.8 Å². The zero-order valence-corrected chi connectivity index (χ0v) is 10.7. The number of hydrogen-bond acceptors (Lipinski definition) is 4. The van der Waals surface area contributed by atoms with Crippen molar-refractivity contribution in [1.29, 1.82) is 0 Å². The van der Waals surface area contributed by atoms with Gasteiger partial charge in [0.2, 0.25) is 0 Å². The van der Waals surface area contributed by atoms with Crippen LogP contribution in [0.4, 0.5) is 0 Å². The lowest BCUT2D eigenvalue weighted by molar-refractivity contribution is -0.136. The molecule has 0 aliphatic heterocycles. The summed E-state index contributed by atoms with van der Waals surface area (Å²) in [6.07, 6.45) is 2.37. The number of hydrogen-bond donors (Lipinski definition) is 2. The SMILES string of the molecule is CCCCC(Sc1nc(C)cc(=O)[nH]1)C(=O)O. The Labute approximate surface area is 104 Å². The molecule has 1 unspecified atom stereocenters. The minimum Gasteiger partial charge on any atom is -0.480 e. The molecule has 0 saturated carbocycles. The number of carboxylic acids is 1. The number of nitrogens with zero attached hydrogens (tertiary/aromatic N) is 1. The molecule has 0 spiro atoms. The molecule has 1 atom stereocenters. The molecule has 1 rings (SSSR count). The molecule has 0 aromatic carbocycles. The molecule has 17 heavy (non-hydrogen) atoms. The highest BCUT2D eigenvalue weighted by Gasteiger charge is 2.19. The number of unbranched alkanes of at least 4 members (excludes halogenated alkanes) is 1. The maximum absolute atomic E-state index is 11.2. The first-order chi connectivity index (χ1) is 8.02. The molecule has 1 heterocycles. The minimum atomic E-state index is -0.868. The van der Waals surface area contributed by atoms with Crippen LogP contribution in [0.5, 0.6) is 0 Å². The quantitative estimate of drug-likeness (QED) is 0.599. The van der Waals surface area contributed by atoms with Gasteiger partial charge in [0.1, 0.15) is 5.25 Å². The summed E-state index contributed by atoms with van der Waals surface area (Å²) >= 11 is 1.10. The fourth-order valence-corrected chi connectivity index (χ4v) is 2.38. The molecule has 0 amide bonds. The third kappa shape index (κ3) is 4.60. The first-order valence-electron chi connectivity index (χ1n) is 5.50. The van der Waals surface area contributed by atoms with Gasteiger partial charge in [-0.05, 0) is 13.3 Å². The van der Waals surface area contributed by atoms with Gasteiger partial charge in [-0.25, -0.2) is 4.98 Å². The largest absolute Gasteiger partial charge is 0.480 e. The van der Waals surface area contributed by atoms with Crippen molar-refractivity contribution in [2.24, 2.45) is 0 Å². The topological polar surface area (TPSA) is 83.0 Å². The van der Waals surface area contributed by atoms with Gasteiger partial charge >= 0.3 is 5.97 Å². The van der Waals surface area contributed by atoms with Gasteiger partial charge in [-0.2, -0.15) is 0 Å². The Balaban J connectivity index is 2.78. The van der Waals surface area contributed by atoms with Crippen molar-refractivity contribution in [1.82, 2.24) is 9.97 Å². The molecule has 1 aromatic rings. The normalized spacial score (nSPS) is 12.4. The van der Waals surface area contributed by atoms with Gasteiger partial charge in [-0.3, -0.25) is 9.59 Å². The Hall–Kier alpha value is -1.30. The van der Waals surface area contributed by atoms with E-state index in [4.69, 9.17) is 5.11 Å². The highest BCUT2D eigenvalue weighted by atomic mass is 32.2. The molecular weight excluding hydrogens is 240 g/mol. The third-order valence-corrected chi connectivity index (χ3v) is 3.34. The molecule has 1 aromatic heterocycles. The molecule has 0 fully saturated rings. The summed E-state index contributed by atoms with van der Waals surface area (Å²) in [7, 11) is 0. The Morgan fingerprint density at radius 2 is 2.35 bits per heavy atom. The van der Waals surface area contributed by atoms with Crippen molar-refractivity contribution in [2.45, 2.75) is 43.5 Å². The molecule has 0 saturated heterocycles. The predicted molar refractivity (Wildman–Crippen MR) is 66.4 cm³/mol. The number of aromatic amines is 1. The van der Waals surface area contributed by atoms with E-state index in [-0.39, 0.29) is 5.56 Å². The van der Waals surface area contributed by atoms with E-state index >= 15 is 0 Å². The summed E-state index contributed by atoms with van der Waals surface area (Å²) in [5.41, 5.74) is 0.343. The van der Waals surface area contributed by atoms with Crippen LogP contribution in [-0.4, -0.2) is 26.3 Å². The average Bonchev–Trinajstić information content (AvgIpc) is 2.22. The zero-order valence-electron chi connectivity index (χ0n) is 9.90. The number of carbonyl (C=O) groups is 1. The van der Waals surface area contributed by atoms with Gasteiger partial charge in [0.25, 0.3) is 5.56 Å². The van der Waals surface area contributed by atoms with E-state index in [1.807, 2.05) is 6.92 Å². The van der Waals surface area contributed by atoms with Crippen LogP contribution in [0, 0.1) is 6.92 Å². The maximum atomic E-state index is 11.2. The van der Waals surface area contributed by atoms with E-state index in [2.05, 4.69) is 9.97 Å². The minimum absolute atomic E-state index is 0.250. The van der Waals surface area contributed by atoms with Gasteiger partial charge in [0.05, 0.1) is 0 Å². The summed E-state index contributed by atoms with van der Waals surface area (Å²) < 4.78 is 0. The lowest BCUT2D eigenvalue weighted by Crippen LogP contribution is -2.18. The molecule has 0 bridgehead atoms. The Morgan fingerprint density at radius 1 is 1.65 bits per heavy atom. The van der Waals surface area contributed by atoms with Crippen molar-refractivity contribution in [3.8, 4) is 0 Å². The monoisotopic (exact) mass is 256 g/mol. The van der Waals surface area contributed by atoms with Crippen LogP contribution in [0.25, 0.3) is 0 Å². The summed E-state index contributed by atoms with van der Waals surface area (Å²) in [6, 6.07) is 1.38. The van der Waals surface area contributed by atoms with E-state index < -0.39 is 11.2 Å². The van der Waals surface area contributed by atoms with Crippen LogP contribution in [0.2, 0.25) is 0 Å². The highest BCUT2D eigenvalue weighted by Crippen LogP contribution is 2.23. The Kier molecular flexibility index (Phi) is 5.21. The van der Waals surface area contributed by atoms with Crippen LogP contribution in [0.15, 0.2) is 16.0 Å². The number of nitrogens with one attached hydrogen (secondary N) is 1. The Morgan fingerprint density at radius 3 is 2.88 bits per heavy atom.